The number of aromatic nitrogens is 2. The van der Waals surface area contributed by atoms with Gasteiger partial charge in [-0.25, -0.2) is 0 Å². The number of carbonyl (C=O) groups excluding carboxylic acids is 1. The number of hydrogen-bond acceptors (Lipinski definition) is 7. The first-order valence-corrected chi connectivity index (χ1v) is 10.5. The van der Waals surface area contributed by atoms with Gasteiger partial charge in [0.25, 0.3) is 0 Å². The molecule has 8 heteroatoms. The molecule has 2 aromatic carbocycles. The second-order valence-corrected chi connectivity index (χ2v) is 7.99. The average Bonchev–Trinajstić information content (AvgIpc) is 3.44. The van der Waals surface area contributed by atoms with E-state index in [9.17, 15) is 4.79 Å². The topological polar surface area (TPSA) is 89.7 Å². The van der Waals surface area contributed by atoms with E-state index in [0.29, 0.717) is 29.8 Å². The Labute approximate surface area is 180 Å². The fraction of sp³-hybridized carbons (Fsp3) is 0.348. The Morgan fingerprint density at radius 1 is 1.10 bits per heavy atom. The standard InChI is InChI=1S/C23H24N4O4/c1-15-2-4-16(5-3-15)22-25-21(31-26-22)13-27-10-8-17(9-11-27)23(28)24-18-6-7-19-20(12-18)30-14-29-19/h2-7,12,17H,8-11,13-14H2,1H3,(H,24,28). The van der Waals surface area contributed by atoms with Crippen molar-refractivity contribution in [3.8, 4) is 22.9 Å². The zero-order chi connectivity index (χ0) is 21.2. The van der Waals surface area contributed by atoms with Crippen molar-refractivity contribution in [1.82, 2.24) is 15.0 Å². The number of ether oxygens (including phenoxy) is 2. The molecule has 1 aromatic heterocycles. The zero-order valence-electron chi connectivity index (χ0n) is 17.3. The van der Waals surface area contributed by atoms with Crippen LogP contribution in [0.5, 0.6) is 11.5 Å². The van der Waals surface area contributed by atoms with Gasteiger partial charge in [-0.3, -0.25) is 9.69 Å². The van der Waals surface area contributed by atoms with E-state index in [4.69, 9.17) is 14.0 Å². The first kappa shape index (κ1) is 19.6. The number of aryl methyl sites for hydroxylation is 1. The van der Waals surface area contributed by atoms with E-state index in [1.54, 1.807) is 6.07 Å². The molecule has 160 valence electrons. The summed E-state index contributed by atoms with van der Waals surface area (Å²) < 4.78 is 16.1. The highest BCUT2D eigenvalue weighted by atomic mass is 16.7. The molecule has 2 aliphatic heterocycles. The Bertz CT molecular complexity index is 1070. The summed E-state index contributed by atoms with van der Waals surface area (Å²) in [5, 5.41) is 7.10. The Hall–Kier alpha value is -3.39. The molecule has 31 heavy (non-hydrogen) atoms. The van der Waals surface area contributed by atoms with Crippen LogP contribution in [-0.2, 0) is 11.3 Å². The minimum absolute atomic E-state index is 0.0209. The maximum absolute atomic E-state index is 12.7. The minimum Gasteiger partial charge on any atom is -0.454 e. The monoisotopic (exact) mass is 420 g/mol. The number of rotatable bonds is 5. The van der Waals surface area contributed by atoms with E-state index >= 15 is 0 Å². The Morgan fingerprint density at radius 3 is 2.68 bits per heavy atom. The lowest BCUT2D eigenvalue weighted by Gasteiger charge is -2.30. The van der Waals surface area contributed by atoms with E-state index in [2.05, 4.69) is 20.4 Å². The molecular formula is C23H24N4O4. The van der Waals surface area contributed by atoms with E-state index in [0.717, 1.165) is 37.2 Å². The smallest absolute Gasteiger partial charge is 0.241 e. The van der Waals surface area contributed by atoms with Crippen LogP contribution in [0.15, 0.2) is 47.0 Å². The molecule has 1 amide bonds. The lowest BCUT2D eigenvalue weighted by Crippen LogP contribution is -2.37. The number of hydrogen-bond donors (Lipinski definition) is 1. The Kier molecular flexibility index (Phi) is 5.30. The van der Waals surface area contributed by atoms with E-state index in [1.165, 1.54) is 5.56 Å². The number of likely N-dealkylation sites (tertiary alicyclic amines) is 1. The highest BCUT2D eigenvalue weighted by Crippen LogP contribution is 2.34. The third-order valence-electron chi connectivity index (χ3n) is 5.74. The van der Waals surface area contributed by atoms with Gasteiger partial charge in [0.05, 0.1) is 6.54 Å². The van der Waals surface area contributed by atoms with Gasteiger partial charge in [0.15, 0.2) is 11.5 Å². The van der Waals surface area contributed by atoms with Crippen LogP contribution in [0.25, 0.3) is 11.4 Å². The second kappa shape index (κ2) is 8.39. The summed E-state index contributed by atoms with van der Waals surface area (Å²) in [6, 6.07) is 13.5. The fourth-order valence-corrected chi connectivity index (χ4v) is 3.90. The highest BCUT2D eigenvalue weighted by molar-refractivity contribution is 5.93. The van der Waals surface area contributed by atoms with Crippen molar-refractivity contribution in [2.75, 3.05) is 25.2 Å². The summed E-state index contributed by atoms with van der Waals surface area (Å²) in [4.78, 5) is 19.4. The zero-order valence-corrected chi connectivity index (χ0v) is 17.3. The normalized spacial score (nSPS) is 16.4. The molecule has 0 bridgehead atoms. The van der Waals surface area contributed by atoms with Crippen LogP contribution < -0.4 is 14.8 Å². The van der Waals surface area contributed by atoms with Crippen LogP contribution in [0.2, 0.25) is 0 Å². The molecule has 0 radical (unpaired) electrons. The molecule has 0 atom stereocenters. The summed E-state index contributed by atoms with van der Waals surface area (Å²) in [6.07, 6.45) is 1.57. The predicted octanol–water partition coefficient (Wildman–Crippen LogP) is 3.62. The molecule has 1 N–H and O–H groups in total. The number of nitrogens with zero attached hydrogens (tertiary/aromatic N) is 3. The van der Waals surface area contributed by atoms with Crippen LogP contribution >= 0.6 is 0 Å². The van der Waals surface area contributed by atoms with Crippen LogP contribution in [-0.4, -0.2) is 40.8 Å². The number of benzene rings is 2. The third-order valence-corrected chi connectivity index (χ3v) is 5.74. The van der Waals surface area contributed by atoms with Gasteiger partial charge in [0, 0.05) is 23.2 Å². The van der Waals surface area contributed by atoms with Crippen LogP contribution in [0, 0.1) is 12.8 Å². The van der Waals surface area contributed by atoms with Gasteiger partial charge < -0.3 is 19.3 Å². The van der Waals surface area contributed by atoms with Crippen LogP contribution in [0.3, 0.4) is 0 Å². The van der Waals surface area contributed by atoms with Gasteiger partial charge >= 0.3 is 0 Å². The van der Waals surface area contributed by atoms with Gasteiger partial charge in [-0.05, 0) is 45.0 Å². The lowest BCUT2D eigenvalue weighted by atomic mass is 9.96. The van der Waals surface area contributed by atoms with Crippen molar-refractivity contribution in [1.29, 1.82) is 0 Å². The largest absolute Gasteiger partial charge is 0.454 e. The molecular weight excluding hydrogens is 396 g/mol. The van der Waals surface area contributed by atoms with Gasteiger partial charge in [0.2, 0.25) is 24.4 Å². The summed E-state index contributed by atoms with van der Waals surface area (Å²) in [7, 11) is 0. The Morgan fingerprint density at radius 2 is 1.87 bits per heavy atom. The molecule has 5 rings (SSSR count). The number of anilines is 1. The minimum atomic E-state index is -0.0209. The number of carbonyl (C=O) groups is 1. The van der Waals surface area contributed by atoms with Crippen molar-refractivity contribution >= 4 is 11.6 Å². The number of nitrogens with one attached hydrogen (secondary N) is 1. The summed E-state index contributed by atoms with van der Waals surface area (Å²) in [5.74, 6) is 2.59. The maximum atomic E-state index is 12.7. The maximum Gasteiger partial charge on any atom is 0.241 e. The first-order chi connectivity index (χ1) is 15.1. The molecule has 0 spiro atoms. The SMILES string of the molecule is Cc1ccc(-c2noc(CN3CCC(C(=O)Nc4ccc5c(c4)OCO5)CC3)n2)cc1. The second-order valence-electron chi connectivity index (χ2n) is 7.99. The molecule has 3 heterocycles. The quantitative estimate of drug-likeness (QED) is 0.674. The number of piperidine rings is 1. The van der Waals surface area contributed by atoms with Crippen LogP contribution in [0.4, 0.5) is 5.69 Å². The van der Waals surface area contributed by atoms with Gasteiger partial charge in [-0.15, -0.1) is 0 Å². The molecule has 1 saturated heterocycles. The van der Waals surface area contributed by atoms with Gasteiger partial charge in [-0.2, -0.15) is 4.98 Å². The number of fused-ring (bicyclic) bond motifs is 1. The molecule has 8 nitrogen and oxygen atoms in total. The molecule has 0 aliphatic carbocycles. The number of amides is 1. The first-order valence-electron chi connectivity index (χ1n) is 10.5. The van der Waals surface area contributed by atoms with Crippen LogP contribution in [0.1, 0.15) is 24.3 Å². The highest BCUT2D eigenvalue weighted by Gasteiger charge is 2.26. The molecule has 2 aliphatic rings. The predicted molar refractivity (Wildman–Crippen MR) is 114 cm³/mol. The molecule has 0 unspecified atom stereocenters. The van der Waals surface area contributed by atoms with Crippen molar-refractivity contribution < 1.29 is 18.8 Å². The molecule has 0 saturated carbocycles. The lowest BCUT2D eigenvalue weighted by molar-refractivity contribution is -0.121. The molecule has 3 aromatic rings. The third kappa shape index (κ3) is 4.39. The van der Waals surface area contributed by atoms with E-state index in [-0.39, 0.29) is 18.6 Å². The summed E-state index contributed by atoms with van der Waals surface area (Å²) >= 11 is 0. The van der Waals surface area contributed by atoms with Crippen molar-refractivity contribution in [2.24, 2.45) is 5.92 Å². The summed E-state index contributed by atoms with van der Waals surface area (Å²) in [6.45, 7) is 4.47. The fourth-order valence-electron chi connectivity index (χ4n) is 3.90. The summed E-state index contributed by atoms with van der Waals surface area (Å²) in [5.41, 5.74) is 2.86. The van der Waals surface area contributed by atoms with E-state index in [1.807, 2.05) is 43.3 Å². The van der Waals surface area contributed by atoms with Crippen molar-refractivity contribution in [2.45, 2.75) is 26.3 Å². The Balaban J connectivity index is 1.13. The van der Waals surface area contributed by atoms with Crippen molar-refractivity contribution in [3.05, 3.63) is 53.9 Å². The molecule has 1 fully saturated rings. The van der Waals surface area contributed by atoms with Gasteiger partial charge in [-0.1, -0.05) is 35.0 Å². The average molecular weight is 420 g/mol. The van der Waals surface area contributed by atoms with Crippen molar-refractivity contribution in [3.63, 3.8) is 0 Å². The van der Waals surface area contributed by atoms with Gasteiger partial charge in [0.1, 0.15) is 0 Å². The van der Waals surface area contributed by atoms with E-state index < -0.39 is 0 Å².